The predicted molar refractivity (Wildman–Crippen MR) is 133 cm³/mol. The highest BCUT2D eigenvalue weighted by Crippen LogP contribution is 2.29. The Morgan fingerprint density at radius 2 is 1.69 bits per heavy atom. The lowest BCUT2D eigenvalue weighted by Gasteiger charge is -2.09. The Hall–Kier alpha value is -3.54. The Balaban J connectivity index is 1.50. The SMILES string of the molecule is Cc1ccc2cc(C=NNc3nc(-c4ccccc4)c4cc(Cl)ccc4n3)c(Cl)nc2c1. The Morgan fingerprint density at radius 1 is 0.844 bits per heavy atom. The minimum Gasteiger partial charge on any atom is -0.245 e. The summed E-state index contributed by atoms with van der Waals surface area (Å²) in [4.78, 5) is 13.7. The summed E-state index contributed by atoms with van der Waals surface area (Å²) in [5.74, 6) is 0.371. The zero-order chi connectivity index (χ0) is 22.1. The van der Waals surface area contributed by atoms with Crippen LogP contribution in [0.1, 0.15) is 11.1 Å². The molecule has 0 fully saturated rings. The van der Waals surface area contributed by atoms with Crippen molar-refractivity contribution < 1.29 is 0 Å². The Kier molecular flexibility index (Phi) is 5.43. The fraction of sp³-hybridized carbons (Fsp3) is 0.0400. The summed E-state index contributed by atoms with van der Waals surface area (Å²) in [6.45, 7) is 2.02. The number of rotatable bonds is 4. The van der Waals surface area contributed by atoms with E-state index < -0.39 is 0 Å². The topological polar surface area (TPSA) is 63.1 Å². The van der Waals surface area contributed by atoms with E-state index in [1.165, 1.54) is 0 Å². The summed E-state index contributed by atoms with van der Waals surface area (Å²) in [6.07, 6.45) is 1.62. The molecule has 1 N–H and O–H groups in total. The van der Waals surface area contributed by atoms with Gasteiger partial charge in [0.2, 0.25) is 5.95 Å². The monoisotopic (exact) mass is 457 g/mol. The molecule has 0 aliphatic carbocycles. The summed E-state index contributed by atoms with van der Waals surface area (Å²) in [5.41, 5.74) is 8.11. The summed E-state index contributed by atoms with van der Waals surface area (Å²) in [7, 11) is 0. The first-order chi connectivity index (χ1) is 15.6. The first kappa shape index (κ1) is 20.4. The van der Waals surface area contributed by atoms with E-state index in [1.807, 2.05) is 73.7 Å². The number of fused-ring (bicyclic) bond motifs is 2. The molecule has 5 aromatic rings. The van der Waals surface area contributed by atoms with Crippen molar-refractivity contribution in [3.05, 3.63) is 94.1 Å². The highest BCUT2D eigenvalue weighted by molar-refractivity contribution is 6.32. The number of hydrazone groups is 1. The van der Waals surface area contributed by atoms with E-state index in [2.05, 4.69) is 25.5 Å². The Bertz CT molecular complexity index is 1480. The summed E-state index contributed by atoms with van der Waals surface area (Å²) in [5, 5.41) is 7.18. The molecule has 0 aliphatic rings. The van der Waals surface area contributed by atoms with Gasteiger partial charge in [0.1, 0.15) is 5.15 Å². The molecule has 0 saturated carbocycles. The maximum absolute atomic E-state index is 6.36. The van der Waals surface area contributed by atoms with Crippen molar-refractivity contribution in [3.63, 3.8) is 0 Å². The number of pyridine rings is 1. The average Bonchev–Trinajstić information content (AvgIpc) is 2.80. The van der Waals surface area contributed by atoms with Gasteiger partial charge in [-0.25, -0.2) is 20.4 Å². The van der Waals surface area contributed by atoms with Crippen LogP contribution in [0.3, 0.4) is 0 Å². The second-order valence-corrected chi connectivity index (χ2v) is 8.15. The van der Waals surface area contributed by atoms with Crippen LogP contribution in [0.25, 0.3) is 33.1 Å². The van der Waals surface area contributed by atoms with Crippen molar-refractivity contribution in [2.45, 2.75) is 6.92 Å². The number of hydrogen-bond donors (Lipinski definition) is 1. The molecule has 0 radical (unpaired) electrons. The van der Waals surface area contributed by atoms with Crippen LogP contribution in [0.2, 0.25) is 10.2 Å². The second kappa shape index (κ2) is 8.54. The first-order valence-electron chi connectivity index (χ1n) is 9.95. The number of halogens is 2. The van der Waals surface area contributed by atoms with Crippen LogP contribution in [0.4, 0.5) is 5.95 Å². The third kappa shape index (κ3) is 4.13. The van der Waals surface area contributed by atoms with Gasteiger partial charge in [-0.3, -0.25) is 0 Å². The number of anilines is 1. The third-order valence-electron chi connectivity index (χ3n) is 5.03. The molecule has 0 aliphatic heterocycles. The number of nitrogens with zero attached hydrogens (tertiary/aromatic N) is 4. The van der Waals surface area contributed by atoms with Gasteiger partial charge in [-0.2, -0.15) is 5.10 Å². The molecule has 2 heterocycles. The summed E-state index contributed by atoms with van der Waals surface area (Å²) in [6, 6.07) is 23.4. The second-order valence-electron chi connectivity index (χ2n) is 7.36. The first-order valence-corrected chi connectivity index (χ1v) is 10.7. The van der Waals surface area contributed by atoms with Crippen molar-refractivity contribution >= 4 is 57.2 Å². The molecule has 0 saturated heterocycles. The molecule has 32 heavy (non-hydrogen) atoms. The molecule has 3 aromatic carbocycles. The van der Waals surface area contributed by atoms with Crippen molar-refractivity contribution in [2.75, 3.05) is 5.43 Å². The fourth-order valence-corrected chi connectivity index (χ4v) is 3.85. The van der Waals surface area contributed by atoms with Crippen LogP contribution in [-0.4, -0.2) is 21.2 Å². The molecular weight excluding hydrogens is 441 g/mol. The van der Waals surface area contributed by atoms with Crippen molar-refractivity contribution in [3.8, 4) is 11.3 Å². The molecule has 0 bridgehead atoms. The van der Waals surface area contributed by atoms with Gasteiger partial charge in [0.25, 0.3) is 0 Å². The molecule has 7 heteroatoms. The summed E-state index contributed by atoms with van der Waals surface area (Å²) >= 11 is 12.6. The fourth-order valence-electron chi connectivity index (χ4n) is 3.49. The van der Waals surface area contributed by atoms with Crippen LogP contribution >= 0.6 is 23.2 Å². The van der Waals surface area contributed by atoms with Crippen LogP contribution < -0.4 is 5.43 Å². The largest absolute Gasteiger partial charge is 0.245 e. The smallest absolute Gasteiger partial charge is 0.244 e. The van der Waals surface area contributed by atoms with E-state index in [9.17, 15) is 0 Å². The normalized spacial score (nSPS) is 11.5. The number of aryl methyl sites for hydroxylation is 1. The molecule has 5 rings (SSSR count). The van der Waals surface area contributed by atoms with Crippen LogP contribution in [-0.2, 0) is 0 Å². The number of nitrogens with one attached hydrogen (secondary N) is 1. The van der Waals surface area contributed by atoms with Crippen molar-refractivity contribution in [1.82, 2.24) is 15.0 Å². The van der Waals surface area contributed by atoms with Gasteiger partial charge in [-0.15, -0.1) is 0 Å². The lowest BCUT2D eigenvalue weighted by molar-refractivity contribution is 1.16. The molecular formula is C25H17Cl2N5. The van der Waals surface area contributed by atoms with Gasteiger partial charge < -0.3 is 0 Å². The Morgan fingerprint density at radius 3 is 2.53 bits per heavy atom. The maximum Gasteiger partial charge on any atom is 0.244 e. The Labute approximate surface area is 194 Å². The quantitative estimate of drug-likeness (QED) is 0.181. The number of benzene rings is 3. The predicted octanol–water partition coefficient (Wildman–Crippen LogP) is 6.91. The van der Waals surface area contributed by atoms with Gasteiger partial charge in [-0.1, -0.05) is 65.7 Å². The molecule has 0 atom stereocenters. The highest BCUT2D eigenvalue weighted by atomic mass is 35.5. The zero-order valence-corrected chi connectivity index (χ0v) is 18.6. The van der Waals surface area contributed by atoms with Gasteiger partial charge in [-0.05, 0) is 42.8 Å². The summed E-state index contributed by atoms with van der Waals surface area (Å²) < 4.78 is 0. The standard InChI is InChI=1S/C25H17Cl2N5/c1-15-7-8-17-12-18(24(27)29-22(17)11-15)14-28-32-25-30-21-10-9-19(26)13-20(21)23(31-25)16-5-3-2-4-6-16/h2-14H,1H3,(H,30,31,32). The lowest BCUT2D eigenvalue weighted by Crippen LogP contribution is -2.00. The third-order valence-corrected chi connectivity index (χ3v) is 5.56. The minimum atomic E-state index is 0.371. The molecule has 156 valence electrons. The van der Waals surface area contributed by atoms with Crippen LogP contribution in [0.5, 0.6) is 0 Å². The molecule has 0 amide bonds. The molecule has 2 aromatic heterocycles. The highest BCUT2D eigenvalue weighted by Gasteiger charge is 2.10. The lowest BCUT2D eigenvalue weighted by atomic mass is 10.1. The van der Waals surface area contributed by atoms with Gasteiger partial charge >= 0.3 is 0 Å². The van der Waals surface area contributed by atoms with Crippen molar-refractivity contribution in [1.29, 1.82) is 0 Å². The van der Waals surface area contributed by atoms with Gasteiger partial charge in [0.05, 0.1) is 22.9 Å². The van der Waals surface area contributed by atoms with E-state index in [0.717, 1.165) is 38.6 Å². The van der Waals surface area contributed by atoms with E-state index in [-0.39, 0.29) is 0 Å². The molecule has 0 spiro atoms. The van der Waals surface area contributed by atoms with E-state index >= 15 is 0 Å². The van der Waals surface area contributed by atoms with Gasteiger partial charge in [0.15, 0.2) is 0 Å². The van der Waals surface area contributed by atoms with Crippen molar-refractivity contribution in [2.24, 2.45) is 5.10 Å². The minimum absolute atomic E-state index is 0.371. The number of aromatic nitrogens is 3. The van der Waals surface area contributed by atoms with E-state index in [0.29, 0.717) is 21.7 Å². The number of hydrogen-bond acceptors (Lipinski definition) is 5. The zero-order valence-electron chi connectivity index (χ0n) is 17.1. The molecule has 0 unspecified atom stereocenters. The maximum atomic E-state index is 6.36. The van der Waals surface area contributed by atoms with Gasteiger partial charge in [0, 0.05) is 26.9 Å². The van der Waals surface area contributed by atoms with E-state index in [1.54, 1.807) is 12.3 Å². The van der Waals surface area contributed by atoms with Crippen LogP contribution in [0.15, 0.2) is 77.9 Å². The average molecular weight is 458 g/mol. The molecule has 5 nitrogen and oxygen atoms in total. The van der Waals surface area contributed by atoms with Crippen LogP contribution in [0, 0.1) is 6.92 Å². The van der Waals surface area contributed by atoms with E-state index in [4.69, 9.17) is 23.2 Å².